The lowest BCUT2D eigenvalue weighted by Crippen LogP contribution is -2.40. The van der Waals surface area contributed by atoms with Crippen LogP contribution in [0.25, 0.3) is 0 Å². The lowest BCUT2D eigenvalue weighted by atomic mass is 9.96. The summed E-state index contributed by atoms with van der Waals surface area (Å²) in [5.74, 6) is 0.792. The Morgan fingerprint density at radius 1 is 1.24 bits per heavy atom. The normalized spacial score (nSPS) is 12.4. The number of carbonyl (C=O) groups excluding carboxylic acids is 1. The first-order valence-electron chi connectivity index (χ1n) is 7.25. The number of nitrogens with one attached hydrogen (secondary N) is 1. The van der Waals surface area contributed by atoms with Gasteiger partial charge >= 0.3 is 0 Å². The molecule has 1 aromatic carbocycles. The van der Waals surface area contributed by atoms with Gasteiger partial charge < -0.3 is 9.84 Å². The summed E-state index contributed by atoms with van der Waals surface area (Å²) < 4.78 is 4.95. The Hall–Kier alpha value is -2.10. The molecule has 21 heavy (non-hydrogen) atoms. The Labute approximate surface area is 125 Å². The number of nitrogens with zero attached hydrogens (tertiary/aromatic N) is 1. The van der Waals surface area contributed by atoms with E-state index in [1.165, 1.54) is 11.1 Å². The number of amides is 1. The minimum absolute atomic E-state index is 0.0669. The monoisotopic (exact) mass is 286 g/mol. The first-order chi connectivity index (χ1) is 9.95. The summed E-state index contributed by atoms with van der Waals surface area (Å²) in [5, 5.41) is 6.81. The number of hydrogen-bond acceptors (Lipinski definition) is 3. The molecular weight excluding hydrogens is 264 g/mol. The van der Waals surface area contributed by atoms with Crippen LogP contribution in [0.3, 0.4) is 0 Å². The molecule has 0 radical (unpaired) electrons. The van der Waals surface area contributed by atoms with Gasteiger partial charge in [-0.25, -0.2) is 0 Å². The molecule has 0 aliphatic heterocycles. The predicted octanol–water partition coefficient (Wildman–Crippen LogP) is 3.29. The highest BCUT2D eigenvalue weighted by Gasteiger charge is 2.19. The van der Waals surface area contributed by atoms with E-state index in [0.717, 1.165) is 6.42 Å². The summed E-state index contributed by atoms with van der Waals surface area (Å²) >= 11 is 0. The second kappa shape index (κ2) is 6.57. The molecule has 1 heterocycles. The second-order valence-electron chi connectivity index (χ2n) is 5.84. The van der Waals surface area contributed by atoms with Crippen molar-refractivity contribution in [3.8, 4) is 0 Å². The van der Waals surface area contributed by atoms with Crippen LogP contribution in [-0.2, 0) is 6.42 Å². The van der Waals surface area contributed by atoms with Crippen LogP contribution in [0.4, 0.5) is 0 Å². The number of aromatic nitrogens is 1. The molecule has 112 valence electrons. The minimum Gasteiger partial charge on any atom is -0.361 e. The average molecular weight is 286 g/mol. The van der Waals surface area contributed by atoms with Gasteiger partial charge in [0.05, 0.1) is 0 Å². The van der Waals surface area contributed by atoms with Crippen LogP contribution in [0.2, 0.25) is 0 Å². The summed E-state index contributed by atoms with van der Waals surface area (Å²) in [6.07, 6.45) is 0.806. The molecule has 0 bridgehead atoms. The zero-order valence-corrected chi connectivity index (χ0v) is 13.0. The van der Waals surface area contributed by atoms with Crippen LogP contribution in [0.1, 0.15) is 41.2 Å². The van der Waals surface area contributed by atoms with Gasteiger partial charge in [-0.15, -0.1) is 0 Å². The second-order valence-corrected chi connectivity index (χ2v) is 5.84. The summed E-state index contributed by atoms with van der Waals surface area (Å²) in [6.45, 7) is 8.05. The predicted molar refractivity (Wildman–Crippen MR) is 82.2 cm³/mol. The van der Waals surface area contributed by atoms with Crippen LogP contribution in [0.15, 0.2) is 34.9 Å². The van der Waals surface area contributed by atoms with E-state index in [1.54, 1.807) is 13.0 Å². The number of carbonyl (C=O) groups is 1. The molecule has 1 amide bonds. The third-order valence-electron chi connectivity index (χ3n) is 3.56. The van der Waals surface area contributed by atoms with Gasteiger partial charge in [0.2, 0.25) is 0 Å². The summed E-state index contributed by atoms with van der Waals surface area (Å²) in [5.41, 5.74) is 2.79. The van der Waals surface area contributed by atoms with Crippen LogP contribution in [0.5, 0.6) is 0 Å². The van der Waals surface area contributed by atoms with Crippen molar-refractivity contribution in [2.24, 2.45) is 5.92 Å². The van der Waals surface area contributed by atoms with Gasteiger partial charge in [-0.3, -0.25) is 4.79 Å². The maximum Gasteiger partial charge on any atom is 0.273 e. The van der Waals surface area contributed by atoms with Crippen molar-refractivity contribution >= 4 is 5.91 Å². The molecule has 4 nitrogen and oxygen atoms in total. The highest BCUT2D eigenvalue weighted by molar-refractivity contribution is 5.92. The Kier molecular flexibility index (Phi) is 4.78. The maximum atomic E-state index is 12.2. The third-order valence-corrected chi connectivity index (χ3v) is 3.56. The fourth-order valence-corrected chi connectivity index (χ4v) is 2.15. The topological polar surface area (TPSA) is 55.1 Å². The van der Waals surface area contributed by atoms with Crippen LogP contribution < -0.4 is 5.32 Å². The molecule has 0 aliphatic carbocycles. The molecule has 0 spiro atoms. The minimum atomic E-state index is -0.183. The fraction of sp³-hybridized carbons (Fsp3) is 0.412. The average Bonchev–Trinajstić information content (AvgIpc) is 2.87. The lowest BCUT2D eigenvalue weighted by molar-refractivity contribution is 0.0916. The van der Waals surface area contributed by atoms with Gasteiger partial charge in [0.15, 0.2) is 5.69 Å². The van der Waals surface area contributed by atoms with Crippen molar-refractivity contribution in [1.29, 1.82) is 0 Å². The summed E-state index contributed by atoms with van der Waals surface area (Å²) in [4.78, 5) is 12.2. The first kappa shape index (κ1) is 15.3. The van der Waals surface area contributed by atoms with E-state index < -0.39 is 0 Å². The molecule has 0 saturated carbocycles. The Balaban J connectivity index is 2.05. The molecular formula is C17H22N2O2. The van der Waals surface area contributed by atoms with E-state index in [1.807, 2.05) is 0 Å². The zero-order chi connectivity index (χ0) is 15.4. The van der Waals surface area contributed by atoms with Crippen molar-refractivity contribution in [2.75, 3.05) is 0 Å². The summed E-state index contributed by atoms with van der Waals surface area (Å²) in [6, 6.07) is 10.1. The van der Waals surface area contributed by atoms with Crippen molar-refractivity contribution < 1.29 is 9.32 Å². The van der Waals surface area contributed by atoms with E-state index in [4.69, 9.17) is 4.52 Å². The molecule has 0 unspecified atom stereocenters. The molecule has 4 heteroatoms. The molecule has 1 N–H and O–H groups in total. The van der Waals surface area contributed by atoms with Gasteiger partial charge in [-0.05, 0) is 31.7 Å². The van der Waals surface area contributed by atoms with Gasteiger partial charge in [0, 0.05) is 12.1 Å². The number of benzene rings is 1. The van der Waals surface area contributed by atoms with E-state index >= 15 is 0 Å². The molecule has 2 rings (SSSR count). The largest absolute Gasteiger partial charge is 0.361 e. The Bertz CT molecular complexity index is 600. The Morgan fingerprint density at radius 3 is 2.43 bits per heavy atom. The Morgan fingerprint density at radius 2 is 1.90 bits per heavy atom. The van der Waals surface area contributed by atoms with Gasteiger partial charge in [-0.2, -0.15) is 0 Å². The standard InChI is InChI=1S/C17H22N2O2/c1-11(2)15(10-14-7-5-12(3)6-8-14)18-17(20)16-9-13(4)21-19-16/h5-9,11,15H,10H2,1-4H3,(H,18,20)/t15-/m0/s1. The van der Waals surface area contributed by atoms with E-state index in [2.05, 4.69) is 55.5 Å². The highest BCUT2D eigenvalue weighted by Crippen LogP contribution is 2.12. The number of rotatable bonds is 5. The van der Waals surface area contributed by atoms with Gasteiger partial charge in [-0.1, -0.05) is 48.8 Å². The van der Waals surface area contributed by atoms with Gasteiger partial charge in [0.1, 0.15) is 5.76 Å². The molecule has 0 saturated heterocycles. The number of aryl methyl sites for hydroxylation is 2. The van der Waals surface area contributed by atoms with E-state index in [9.17, 15) is 4.79 Å². The van der Waals surface area contributed by atoms with Crippen molar-refractivity contribution in [1.82, 2.24) is 10.5 Å². The van der Waals surface area contributed by atoms with Crippen LogP contribution in [-0.4, -0.2) is 17.1 Å². The van der Waals surface area contributed by atoms with Crippen molar-refractivity contribution in [2.45, 2.75) is 40.2 Å². The zero-order valence-electron chi connectivity index (χ0n) is 13.0. The van der Waals surface area contributed by atoms with E-state index in [0.29, 0.717) is 17.4 Å². The van der Waals surface area contributed by atoms with Crippen molar-refractivity contribution in [3.05, 3.63) is 52.9 Å². The highest BCUT2D eigenvalue weighted by atomic mass is 16.5. The number of hydrogen-bond donors (Lipinski definition) is 1. The first-order valence-corrected chi connectivity index (χ1v) is 7.25. The van der Waals surface area contributed by atoms with E-state index in [-0.39, 0.29) is 11.9 Å². The van der Waals surface area contributed by atoms with Crippen molar-refractivity contribution in [3.63, 3.8) is 0 Å². The molecule has 1 aromatic heterocycles. The third kappa shape index (κ3) is 4.18. The SMILES string of the molecule is Cc1ccc(C[C@H](NC(=O)c2cc(C)on2)C(C)C)cc1. The molecule has 0 fully saturated rings. The smallest absolute Gasteiger partial charge is 0.273 e. The maximum absolute atomic E-state index is 12.2. The molecule has 0 aliphatic rings. The molecule has 2 aromatic rings. The fourth-order valence-electron chi connectivity index (χ4n) is 2.15. The molecule has 1 atom stereocenters. The van der Waals surface area contributed by atoms with Gasteiger partial charge in [0.25, 0.3) is 5.91 Å². The lowest BCUT2D eigenvalue weighted by Gasteiger charge is -2.22. The van der Waals surface area contributed by atoms with Crippen LogP contribution >= 0.6 is 0 Å². The van der Waals surface area contributed by atoms with Crippen LogP contribution in [0, 0.1) is 19.8 Å². The summed E-state index contributed by atoms with van der Waals surface area (Å²) in [7, 11) is 0. The quantitative estimate of drug-likeness (QED) is 0.917.